The Morgan fingerprint density at radius 3 is 2.54 bits per heavy atom. The number of likely N-dealkylation sites (tertiary alicyclic amines) is 1. The number of carbonyl (C=O) groups is 4. The monoisotopic (exact) mass is 712 g/mol. The zero-order chi connectivity index (χ0) is 36.2. The second-order valence-electron chi connectivity index (χ2n) is 13.1. The number of methoxy groups -OCH3 is 1. The van der Waals surface area contributed by atoms with Gasteiger partial charge in [0, 0.05) is 18.4 Å². The van der Waals surface area contributed by atoms with E-state index in [-0.39, 0.29) is 31.7 Å². The highest BCUT2D eigenvalue weighted by Crippen LogP contribution is 2.45. The lowest BCUT2D eigenvalue weighted by atomic mass is 10.0. The Morgan fingerprint density at radius 1 is 1.14 bits per heavy atom. The molecule has 2 heterocycles. The number of nitrogens with zero attached hydrogens (tertiary/aromatic N) is 3. The summed E-state index contributed by atoms with van der Waals surface area (Å²) in [6.45, 7) is 9.06. The van der Waals surface area contributed by atoms with Crippen molar-refractivity contribution in [2.75, 3.05) is 13.7 Å². The summed E-state index contributed by atoms with van der Waals surface area (Å²) in [4.78, 5) is 63.7. The van der Waals surface area contributed by atoms with Gasteiger partial charge in [-0.15, -0.1) is 13.2 Å². The van der Waals surface area contributed by atoms with Crippen molar-refractivity contribution in [3.8, 4) is 11.6 Å². The largest absolute Gasteiger partial charge is 0.497 e. The molecule has 270 valence electrons. The van der Waals surface area contributed by atoms with Crippen LogP contribution >= 0.6 is 0 Å². The van der Waals surface area contributed by atoms with Crippen molar-refractivity contribution >= 4 is 44.9 Å². The highest BCUT2D eigenvalue weighted by atomic mass is 32.2. The number of fused-ring (bicyclic) bond motifs is 1. The Bertz CT molecular complexity index is 1780. The number of allylic oxidation sites excluding steroid dienone is 1. The summed E-state index contributed by atoms with van der Waals surface area (Å²) in [6, 6.07) is 2.88. The van der Waals surface area contributed by atoms with Crippen LogP contribution in [0.25, 0.3) is 11.0 Å². The molecule has 16 heteroatoms. The second-order valence-corrected chi connectivity index (χ2v) is 15.0. The summed E-state index contributed by atoms with van der Waals surface area (Å²) in [5.41, 5.74) is 0.0151. The zero-order valence-corrected chi connectivity index (χ0v) is 29.0. The van der Waals surface area contributed by atoms with Crippen LogP contribution in [0, 0.1) is 12.8 Å². The lowest BCUT2D eigenvalue weighted by molar-refractivity contribution is -0.141. The molecule has 1 saturated heterocycles. The fourth-order valence-corrected chi connectivity index (χ4v) is 7.68. The molecule has 5 rings (SSSR count). The number of ether oxygens (including phenoxy) is 2. The molecule has 1 aliphatic heterocycles. The normalized spacial score (nSPS) is 23.4. The number of rotatable bonds is 17. The molecule has 2 saturated carbocycles. The number of carboxylic acid groups (broad SMARTS) is 1. The Labute approximate surface area is 290 Å². The standard InChI is InChI=1S/C34H44N6O9S/c1-5-7-8-9-10-11-26(37-33(44)45)31(42)40-19-23(49-30-20(3)35-25-15-12-22(48-4)16-27(25)36-30)17-28(40)29(41)38-34(18-21(34)6-2)32(43)39-50(46,47)24-13-14-24/h5-6,12,15-16,21,23-24,26,28,37H,1-2,7-11,13-14,17-19H2,3-4H3,(H,38,41)(H,39,43)(H,44,45)/t21-,23-,26+,28+,34-/m1/s1. The van der Waals surface area contributed by atoms with E-state index >= 15 is 0 Å². The van der Waals surface area contributed by atoms with Crippen LogP contribution in [0.5, 0.6) is 11.6 Å². The number of unbranched alkanes of at least 4 members (excludes halogenated alkanes) is 3. The van der Waals surface area contributed by atoms with Crippen LogP contribution < -0.4 is 24.8 Å². The van der Waals surface area contributed by atoms with Gasteiger partial charge in [0.25, 0.3) is 5.91 Å². The lowest BCUT2D eigenvalue weighted by Gasteiger charge is -2.29. The van der Waals surface area contributed by atoms with Gasteiger partial charge >= 0.3 is 6.09 Å². The van der Waals surface area contributed by atoms with Gasteiger partial charge in [0.15, 0.2) is 0 Å². The van der Waals surface area contributed by atoms with Crippen molar-refractivity contribution in [3.63, 3.8) is 0 Å². The first-order chi connectivity index (χ1) is 23.8. The first kappa shape index (κ1) is 36.5. The number of aromatic nitrogens is 2. The van der Waals surface area contributed by atoms with Gasteiger partial charge in [0.2, 0.25) is 27.7 Å². The van der Waals surface area contributed by atoms with Crippen molar-refractivity contribution < 1.29 is 42.2 Å². The van der Waals surface area contributed by atoms with Crippen LogP contribution in [0.15, 0.2) is 43.5 Å². The molecule has 4 N–H and O–H groups in total. The SMILES string of the molecule is C=CCCCCC[C@H](NC(=O)O)C(=O)N1C[C@H](Oc2nc3cc(OC)ccc3nc2C)C[C@H]1C(=O)N[C@]1(C(=O)NS(=O)(=O)C2CC2)C[C@H]1C=C. The van der Waals surface area contributed by atoms with Crippen LogP contribution in [0.3, 0.4) is 0 Å². The summed E-state index contributed by atoms with van der Waals surface area (Å²) < 4.78 is 38.9. The van der Waals surface area contributed by atoms with E-state index in [1.54, 1.807) is 31.2 Å². The summed E-state index contributed by atoms with van der Waals surface area (Å²) in [7, 11) is -2.38. The van der Waals surface area contributed by atoms with E-state index in [1.807, 2.05) is 0 Å². The van der Waals surface area contributed by atoms with E-state index in [0.29, 0.717) is 41.7 Å². The average Bonchev–Trinajstić information content (AvgIpc) is 4.00. The van der Waals surface area contributed by atoms with Gasteiger partial charge in [-0.1, -0.05) is 25.0 Å². The number of benzene rings is 1. The fraction of sp³-hybridized carbons (Fsp3) is 0.529. The molecule has 3 aliphatic rings. The number of aryl methyl sites for hydroxylation is 1. The third kappa shape index (κ3) is 8.17. The third-order valence-electron chi connectivity index (χ3n) is 9.37. The van der Waals surface area contributed by atoms with Gasteiger partial charge in [-0.2, -0.15) is 0 Å². The fourth-order valence-electron chi connectivity index (χ4n) is 6.32. The maximum absolute atomic E-state index is 14.1. The molecule has 15 nitrogen and oxygen atoms in total. The number of hydrogen-bond donors (Lipinski definition) is 4. The van der Waals surface area contributed by atoms with Crippen LogP contribution in [0.4, 0.5) is 4.79 Å². The molecule has 1 aromatic heterocycles. The van der Waals surface area contributed by atoms with E-state index in [2.05, 4.69) is 38.5 Å². The molecule has 0 radical (unpaired) electrons. The van der Waals surface area contributed by atoms with Crippen LogP contribution in [0.1, 0.15) is 63.5 Å². The van der Waals surface area contributed by atoms with Gasteiger partial charge in [-0.05, 0) is 57.6 Å². The van der Waals surface area contributed by atoms with Crippen molar-refractivity contribution in [2.45, 2.75) is 93.7 Å². The maximum atomic E-state index is 14.1. The van der Waals surface area contributed by atoms with Crippen molar-refractivity contribution in [3.05, 3.63) is 49.2 Å². The molecule has 4 amide bonds. The molecule has 50 heavy (non-hydrogen) atoms. The van der Waals surface area contributed by atoms with Crippen LogP contribution in [0.2, 0.25) is 0 Å². The highest BCUT2D eigenvalue weighted by molar-refractivity contribution is 7.91. The van der Waals surface area contributed by atoms with Crippen LogP contribution in [-0.2, 0) is 24.4 Å². The quantitative estimate of drug-likeness (QED) is 0.139. The molecule has 5 atom stereocenters. The number of nitrogens with one attached hydrogen (secondary N) is 3. The average molecular weight is 713 g/mol. The van der Waals surface area contributed by atoms with Crippen LogP contribution in [-0.4, -0.2) is 94.8 Å². The van der Waals surface area contributed by atoms with E-state index in [0.717, 1.165) is 19.3 Å². The first-order valence-electron chi connectivity index (χ1n) is 16.7. The number of carbonyl (C=O) groups excluding carboxylic acids is 3. The van der Waals surface area contributed by atoms with E-state index < -0.39 is 68.7 Å². The van der Waals surface area contributed by atoms with Crippen molar-refractivity contribution in [1.29, 1.82) is 0 Å². The van der Waals surface area contributed by atoms with Gasteiger partial charge in [0.05, 0.1) is 29.9 Å². The lowest BCUT2D eigenvalue weighted by Crippen LogP contribution is -2.58. The molecule has 2 aromatic rings. The van der Waals surface area contributed by atoms with E-state index in [1.165, 1.54) is 18.1 Å². The molecule has 0 spiro atoms. The molecule has 3 fully saturated rings. The summed E-state index contributed by atoms with van der Waals surface area (Å²) >= 11 is 0. The van der Waals surface area contributed by atoms with Gasteiger partial charge in [-0.25, -0.2) is 23.2 Å². The molecular weight excluding hydrogens is 668 g/mol. The minimum Gasteiger partial charge on any atom is -0.497 e. The summed E-state index contributed by atoms with van der Waals surface area (Å²) in [5.74, 6) is -1.99. The Balaban J connectivity index is 1.40. The predicted molar refractivity (Wildman–Crippen MR) is 183 cm³/mol. The topological polar surface area (TPSA) is 206 Å². The minimum atomic E-state index is -3.91. The zero-order valence-electron chi connectivity index (χ0n) is 28.2. The van der Waals surface area contributed by atoms with Crippen molar-refractivity contribution in [2.24, 2.45) is 5.92 Å². The Hall–Kier alpha value is -4.73. The minimum absolute atomic E-state index is 0.0230. The van der Waals surface area contributed by atoms with E-state index in [4.69, 9.17) is 9.47 Å². The van der Waals surface area contributed by atoms with Gasteiger partial charge in [0.1, 0.15) is 35.2 Å². The number of hydrogen-bond acceptors (Lipinski definition) is 10. The summed E-state index contributed by atoms with van der Waals surface area (Å²) in [5, 5.41) is 14.0. The highest BCUT2D eigenvalue weighted by Gasteiger charge is 2.62. The Kier molecular flexibility index (Phi) is 11.0. The number of sulfonamides is 1. The van der Waals surface area contributed by atoms with Gasteiger partial charge < -0.3 is 30.1 Å². The number of amides is 4. The molecule has 0 unspecified atom stereocenters. The smallest absolute Gasteiger partial charge is 0.405 e. The molecule has 0 bridgehead atoms. The third-order valence-corrected chi connectivity index (χ3v) is 11.2. The van der Waals surface area contributed by atoms with Gasteiger partial charge in [-0.3, -0.25) is 19.1 Å². The van der Waals surface area contributed by atoms with Crippen molar-refractivity contribution in [1.82, 2.24) is 30.2 Å². The summed E-state index contributed by atoms with van der Waals surface area (Å²) in [6.07, 6.45) is 5.18. The maximum Gasteiger partial charge on any atom is 0.405 e. The Morgan fingerprint density at radius 2 is 1.90 bits per heavy atom. The van der Waals surface area contributed by atoms with E-state index in [9.17, 15) is 32.7 Å². The second kappa shape index (κ2) is 15.0. The molecule has 2 aliphatic carbocycles. The molecule has 1 aromatic carbocycles. The first-order valence-corrected chi connectivity index (χ1v) is 18.3. The predicted octanol–water partition coefficient (Wildman–Crippen LogP) is 2.74. The molecular formula is C34H44N6O9S.